The summed E-state index contributed by atoms with van der Waals surface area (Å²) >= 11 is 0. The maximum Gasteiger partial charge on any atom is 0.191 e. The number of aliphatic imine (C=N–C) groups is 1. The van der Waals surface area contributed by atoms with Gasteiger partial charge in [0.05, 0.1) is 12.1 Å². The second-order valence-electron chi connectivity index (χ2n) is 7.38. The fraction of sp³-hybridized carbons (Fsp3) is 0.435. The Balaban J connectivity index is 0.00000320. The number of hydrogen-bond donors (Lipinski definition) is 2. The molecule has 0 aliphatic carbocycles. The summed E-state index contributed by atoms with van der Waals surface area (Å²) in [6, 6.07) is 15.2. The Kier molecular flexibility index (Phi) is 9.84. The summed E-state index contributed by atoms with van der Waals surface area (Å²) in [6.45, 7) is 4.93. The number of halogens is 2. The monoisotopic (exact) mass is 526 g/mol. The molecule has 1 aliphatic heterocycles. The minimum atomic E-state index is -0.251. The number of nitrogens with one attached hydrogen (secondary N) is 2. The van der Waals surface area contributed by atoms with Crippen LogP contribution in [0.1, 0.15) is 43.0 Å². The summed E-state index contributed by atoms with van der Waals surface area (Å²) in [5.41, 5.74) is 3.43. The topological polar surface area (TPSA) is 48.9 Å². The fourth-order valence-electron chi connectivity index (χ4n) is 3.65. The van der Waals surface area contributed by atoms with Gasteiger partial charge in [-0.15, -0.1) is 24.0 Å². The van der Waals surface area contributed by atoms with Crippen molar-refractivity contribution >= 4 is 35.6 Å². The van der Waals surface area contributed by atoms with E-state index in [1.807, 2.05) is 0 Å². The van der Waals surface area contributed by atoms with E-state index in [1.54, 1.807) is 26.3 Å². The highest BCUT2D eigenvalue weighted by Gasteiger charge is 2.16. The Morgan fingerprint density at radius 1 is 1.13 bits per heavy atom. The number of guanidine groups is 1. The molecule has 0 bridgehead atoms. The highest BCUT2D eigenvalue weighted by Crippen LogP contribution is 2.24. The fourth-order valence-corrected chi connectivity index (χ4v) is 3.65. The first-order valence-corrected chi connectivity index (χ1v) is 10.2. The van der Waals surface area contributed by atoms with E-state index in [0.29, 0.717) is 12.5 Å². The average molecular weight is 526 g/mol. The SMILES string of the molecule is CN=C(NCC(OC)c1ccc(F)cc1)NC(C)c1cccc(N2CCCC2)c1.I. The van der Waals surface area contributed by atoms with Crippen LogP contribution in [0.3, 0.4) is 0 Å². The molecule has 1 fully saturated rings. The van der Waals surface area contributed by atoms with Gasteiger partial charge < -0.3 is 20.3 Å². The van der Waals surface area contributed by atoms with E-state index in [-0.39, 0.29) is 41.9 Å². The standard InChI is InChI=1S/C23H31FN4O.HI/c1-17(19-7-6-8-21(15-19)28-13-4-5-14-28)27-23(25-2)26-16-22(29-3)18-9-11-20(24)12-10-18;/h6-12,15,17,22H,4-5,13-14,16H2,1-3H3,(H2,25,26,27);1H. The van der Waals surface area contributed by atoms with Gasteiger partial charge in [0.15, 0.2) is 5.96 Å². The van der Waals surface area contributed by atoms with E-state index in [4.69, 9.17) is 4.74 Å². The normalized spacial score (nSPS) is 16.0. The Morgan fingerprint density at radius 3 is 2.47 bits per heavy atom. The molecule has 164 valence electrons. The third kappa shape index (κ3) is 6.57. The molecule has 2 unspecified atom stereocenters. The molecule has 2 aromatic rings. The quantitative estimate of drug-likeness (QED) is 0.313. The van der Waals surface area contributed by atoms with Gasteiger partial charge in [-0.05, 0) is 55.2 Å². The predicted octanol–water partition coefficient (Wildman–Crippen LogP) is 4.66. The first kappa shape index (κ1) is 24.4. The minimum absolute atomic E-state index is 0. The molecule has 3 rings (SSSR count). The van der Waals surface area contributed by atoms with Crippen molar-refractivity contribution in [3.63, 3.8) is 0 Å². The maximum absolute atomic E-state index is 13.2. The van der Waals surface area contributed by atoms with Crippen LogP contribution in [-0.2, 0) is 4.74 Å². The summed E-state index contributed by atoms with van der Waals surface area (Å²) in [5, 5.41) is 6.76. The first-order valence-electron chi connectivity index (χ1n) is 10.2. The van der Waals surface area contributed by atoms with Crippen molar-refractivity contribution in [3.05, 3.63) is 65.5 Å². The van der Waals surface area contributed by atoms with Gasteiger partial charge in [0, 0.05) is 39.5 Å². The molecular weight excluding hydrogens is 494 g/mol. The van der Waals surface area contributed by atoms with Gasteiger partial charge in [0.25, 0.3) is 0 Å². The number of methoxy groups -OCH3 is 1. The largest absolute Gasteiger partial charge is 0.375 e. The molecule has 1 saturated heterocycles. The lowest BCUT2D eigenvalue weighted by Gasteiger charge is -2.23. The Hall–Kier alpha value is -1.87. The summed E-state index contributed by atoms with van der Waals surface area (Å²) in [4.78, 5) is 6.78. The second-order valence-corrected chi connectivity index (χ2v) is 7.38. The van der Waals surface area contributed by atoms with Crippen LogP contribution in [0.25, 0.3) is 0 Å². The summed E-state index contributed by atoms with van der Waals surface area (Å²) in [5.74, 6) is 0.451. The van der Waals surface area contributed by atoms with Crippen LogP contribution in [-0.4, -0.2) is 39.8 Å². The van der Waals surface area contributed by atoms with Gasteiger partial charge in [-0.2, -0.15) is 0 Å². The van der Waals surface area contributed by atoms with Crippen LogP contribution < -0.4 is 15.5 Å². The molecule has 0 radical (unpaired) electrons. The van der Waals surface area contributed by atoms with Gasteiger partial charge in [0.2, 0.25) is 0 Å². The lowest BCUT2D eigenvalue weighted by atomic mass is 10.1. The molecule has 0 saturated carbocycles. The highest BCUT2D eigenvalue weighted by molar-refractivity contribution is 14.0. The Bertz CT molecular complexity index is 809. The van der Waals surface area contributed by atoms with E-state index in [0.717, 1.165) is 18.7 Å². The zero-order valence-corrected chi connectivity index (χ0v) is 20.2. The number of ether oxygens (including phenoxy) is 1. The third-order valence-electron chi connectivity index (χ3n) is 5.40. The average Bonchev–Trinajstić information content (AvgIpc) is 3.29. The van der Waals surface area contributed by atoms with Crippen molar-refractivity contribution in [2.45, 2.75) is 31.9 Å². The Labute approximate surface area is 196 Å². The molecule has 5 nitrogen and oxygen atoms in total. The van der Waals surface area contributed by atoms with Crippen molar-refractivity contribution in [1.29, 1.82) is 0 Å². The van der Waals surface area contributed by atoms with Crippen LogP contribution in [0.15, 0.2) is 53.5 Å². The zero-order chi connectivity index (χ0) is 20.6. The number of rotatable bonds is 7. The molecule has 1 aliphatic rings. The number of benzene rings is 2. The molecule has 7 heteroatoms. The molecule has 0 amide bonds. The van der Waals surface area contributed by atoms with Gasteiger partial charge in [0.1, 0.15) is 5.82 Å². The van der Waals surface area contributed by atoms with Crippen LogP contribution >= 0.6 is 24.0 Å². The van der Waals surface area contributed by atoms with Crippen molar-refractivity contribution in [2.24, 2.45) is 4.99 Å². The van der Waals surface area contributed by atoms with Gasteiger partial charge >= 0.3 is 0 Å². The van der Waals surface area contributed by atoms with Crippen LogP contribution in [0.4, 0.5) is 10.1 Å². The number of anilines is 1. The smallest absolute Gasteiger partial charge is 0.191 e. The minimum Gasteiger partial charge on any atom is -0.375 e. The van der Waals surface area contributed by atoms with Crippen molar-refractivity contribution in [1.82, 2.24) is 10.6 Å². The van der Waals surface area contributed by atoms with Crippen LogP contribution in [0.2, 0.25) is 0 Å². The number of nitrogens with zero attached hydrogens (tertiary/aromatic N) is 2. The molecule has 2 atom stereocenters. The molecule has 0 aromatic heterocycles. The second kappa shape index (κ2) is 12.1. The number of hydrogen-bond acceptors (Lipinski definition) is 3. The highest BCUT2D eigenvalue weighted by atomic mass is 127. The van der Waals surface area contributed by atoms with E-state index >= 15 is 0 Å². The van der Waals surface area contributed by atoms with Crippen LogP contribution in [0, 0.1) is 5.82 Å². The van der Waals surface area contributed by atoms with Gasteiger partial charge in [-0.25, -0.2) is 4.39 Å². The molecule has 1 heterocycles. The lowest BCUT2D eigenvalue weighted by molar-refractivity contribution is 0.106. The predicted molar refractivity (Wildman–Crippen MR) is 132 cm³/mol. The Morgan fingerprint density at radius 2 is 1.83 bits per heavy atom. The van der Waals surface area contributed by atoms with Crippen molar-refractivity contribution in [3.8, 4) is 0 Å². The molecule has 0 spiro atoms. The summed E-state index contributed by atoms with van der Waals surface area (Å²) in [7, 11) is 3.40. The molecular formula is C23H32FIN4O. The van der Waals surface area contributed by atoms with Gasteiger partial charge in [-0.1, -0.05) is 24.3 Å². The van der Waals surface area contributed by atoms with Crippen LogP contribution in [0.5, 0.6) is 0 Å². The summed E-state index contributed by atoms with van der Waals surface area (Å²) < 4.78 is 18.7. The zero-order valence-electron chi connectivity index (χ0n) is 17.9. The van der Waals surface area contributed by atoms with Crippen molar-refractivity contribution in [2.75, 3.05) is 38.7 Å². The van der Waals surface area contributed by atoms with E-state index in [9.17, 15) is 4.39 Å². The summed E-state index contributed by atoms with van der Waals surface area (Å²) in [6.07, 6.45) is 2.34. The molecule has 2 aromatic carbocycles. The van der Waals surface area contributed by atoms with E-state index in [2.05, 4.69) is 51.7 Å². The van der Waals surface area contributed by atoms with Crippen molar-refractivity contribution < 1.29 is 9.13 Å². The maximum atomic E-state index is 13.2. The van der Waals surface area contributed by atoms with Gasteiger partial charge in [-0.3, -0.25) is 4.99 Å². The molecule has 30 heavy (non-hydrogen) atoms. The third-order valence-corrected chi connectivity index (χ3v) is 5.40. The lowest BCUT2D eigenvalue weighted by Crippen LogP contribution is -2.40. The molecule has 2 N–H and O–H groups in total. The van der Waals surface area contributed by atoms with E-state index in [1.165, 1.54) is 36.2 Å². The first-order chi connectivity index (χ1) is 14.1. The van der Waals surface area contributed by atoms with E-state index < -0.39 is 0 Å².